The van der Waals surface area contributed by atoms with Crippen molar-refractivity contribution in [3.63, 3.8) is 0 Å². The second-order valence-corrected chi connectivity index (χ2v) is 12.5. The van der Waals surface area contributed by atoms with Gasteiger partial charge in [-0.05, 0) is 95.7 Å². The highest BCUT2D eigenvalue weighted by atomic mass is 32.2. The highest BCUT2D eigenvalue weighted by Gasteiger charge is 2.49. The summed E-state index contributed by atoms with van der Waals surface area (Å²) < 4.78 is 45.5. The van der Waals surface area contributed by atoms with Crippen LogP contribution in [-0.4, -0.2) is 37.4 Å². The predicted molar refractivity (Wildman–Crippen MR) is 146 cm³/mol. The van der Waals surface area contributed by atoms with E-state index in [1.807, 2.05) is 39.8 Å². The third-order valence-corrected chi connectivity index (χ3v) is 8.68. The second-order valence-electron chi connectivity index (χ2n) is 11.0. The van der Waals surface area contributed by atoms with E-state index in [0.717, 1.165) is 48.0 Å². The van der Waals surface area contributed by atoms with Gasteiger partial charge in [0.15, 0.2) is 5.75 Å². The van der Waals surface area contributed by atoms with Gasteiger partial charge in [-0.2, -0.15) is 8.42 Å². The van der Waals surface area contributed by atoms with Crippen LogP contribution in [0.15, 0.2) is 46.9 Å². The minimum absolute atomic E-state index is 0.0893. The molecule has 0 saturated carbocycles. The molecule has 1 heterocycles. The fourth-order valence-corrected chi connectivity index (χ4v) is 6.37. The molecule has 0 bridgehead atoms. The van der Waals surface area contributed by atoms with Crippen LogP contribution in [0.2, 0.25) is 0 Å². The summed E-state index contributed by atoms with van der Waals surface area (Å²) in [6, 6.07) is 10.4. The van der Waals surface area contributed by atoms with Crippen LogP contribution in [0.3, 0.4) is 0 Å². The molecule has 1 aliphatic heterocycles. The second kappa shape index (κ2) is 10.4. The van der Waals surface area contributed by atoms with E-state index in [0.29, 0.717) is 30.8 Å². The molecule has 0 radical (unpaired) electrons. The zero-order valence-electron chi connectivity index (χ0n) is 22.9. The lowest BCUT2D eigenvalue weighted by Gasteiger charge is -2.47. The van der Waals surface area contributed by atoms with Gasteiger partial charge in [-0.3, -0.25) is 0 Å². The van der Waals surface area contributed by atoms with Crippen LogP contribution in [-0.2, 0) is 21.3 Å². The van der Waals surface area contributed by atoms with Gasteiger partial charge in [-0.1, -0.05) is 37.5 Å². The third kappa shape index (κ3) is 5.59. The maximum absolute atomic E-state index is 13.4. The molecule has 7 heteroatoms. The molecule has 0 saturated heterocycles. The monoisotopic (exact) mass is 528 g/mol. The molecular weight excluding hydrogens is 488 g/mol. The molecule has 2 aromatic carbocycles. The Morgan fingerprint density at radius 2 is 1.78 bits per heavy atom. The van der Waals surface area contributed by atoms with E-state index in [-0.39, 0.29) is 10.6 Å². The van der Waals surface area contributed by atoms with Crippen LogP contribution >= 0.6 is 0 Å². The number of unbranched alkanes of at least 4 members (excludes halogenated alkanes) is 2. The van der Waals surface area contributed by atoms with E-state index in [9.17, 15) is 13.5 Å². The molecule has 2 aliphatic rings. The van der Waals surface area contributed by atoms with Gasteiger partial charge in [-0.15, -0.1) is 0 Å². The van der Waals surface area contributed by atoms with Crippen molar-refractivity contribution in [2.75, 3.05) is 6.61 Å². The number of hydrogen-bond donors (Lipinski definition) is 1. The van der Waals surface area contributed by atoms with Crippen molar-refractivity contribution in [1.29, 1.82) is 0 Å². The van der Waals surface area contributed by atoms with Gasteiger partial charge in [0.25, 0.3) is 0 Å². The molecule has 0 unspecified atom stereocenters. The first-order valence-corrected chi connectivity index (χ1v) is 14.8. The normalized spacial score (nSPS) is 22.7. The summed E-state index contributed by atoms with van der Waals surface area (Å²) in [5, 5.41) is 11.4. The Hall–Kier alpha value is -2.35. The summed E-state index contributed by atoms with van der Waals surface area (Å²) in [4.78, 5) is 0.0893. The Morgan fingerprint density at radius 1 is 1.08 bits per heavy atom. The van der Waals surface area contributed by atoms with Crippen LogP contribution in [0.4, 0.5) is 0 Å². The van der Waals surface area contributed by atoms with Crippen LogP contribution in [0.1, 0.15) is 83.4 Å². The number of rotatable bonds is 9. The standard InChI is InChI=1S/C30H40O6S/c1-7-9-10-11-21-18-24-27(25(19-21)36-37(32,33)22-14-12-20(3)13-15-22)26-23(29(4,5)35-24)16-17-30(6,31)28(26)34-8-2/h12-15,18-19,28,31H,7-11,16-17H2,1-6H3/t28-,30-/m0/s1. The van der Waals surface area contributed by atoms with Crippen LogP contribution in [0.5, 0.6) is 11.5 Å². The Bertz CT molecular complexity index is 1270. The van der Waals surface area contributed by atoms with Crippen molar-refractivity contribution in [3.8, 4) is 11.5 Å². The lowest BCUT2D eigenvalue weighted by Crippen LogP contribution is -2.49. The number of ether oxygens (including phenoxy) is 2. The van der Waals surface area contributed by atoms with Crippen molar-refractivity contribution in [1.82, 2.24) is 0 Å². The molecule has 2 atom stereocenters. The molecule has 0 spiro atoms. The first-order chi connectivity index (χ1) is 17.4. The predicted octanol–water partition coefficient (Wildman–Crippen LogP) is 6.37. The van der Waals surface area contributed by atoms with Crippen molar-refractivity contribution >= 4 is 15.7 Å². The summed E-state index contributed by atoms with van der Waals surface area (Å²) >= 11 is 0. The quantitative estimate of drug-likeness (QED) is 0.301. The maximum atomic E-state index is 13.4. The van der Waals surface area contributed by atoms with E-state index in [2.05, 4.69) is 6.92 Å². The average Bonchev–Trinajstić information content (AvgIpc) is 2.80. The van der Waals surface area contributed by atoms with E-state index in [4.69, 9.17) is 13.7 Å². The summed E-state index contributed by atoms with van der Waals surface area (Å²) in [5.74, 6) is 0.782. The van der Waals surface area contributed by atoms with Crippen molar-refractivity contribution < 1.29 is 27.2 Å². The number of fused-ring (bicyclic) bond motifs is 2. The van der Waals surface area contributed by atoms with Gasteiger partial charge in [-0.25, -0.2) is 0 Å². The van der Waals surface area contributed by atoms with E-state index >= 15 is 0 Å². The lowest BCUT2D eigenvalue weighted by atomic mass is 9.70. The van der Waals surface area contributed by atoms with E-state index in [1.54, 1.807) is 31.2 Å². The average molecular weight is 529 g/mol. The Morgan fingerprint density at radius 3 is 2.43 bits per heavy atom. The first-order valence-electron chi connectivity index (χ1n) is 13.3. The Kier molecular flexibility index (Phi) is 7.80. The molecule has 0 amide bonds. The molecule has 4 rings (SSSR count). The molecule has 202 valence electrons. The minimum Gasteiger partial charge on any atom is -0.483 e. The Balaban J connectivity index is 1.92. The van der Waals surface area contributed by atoms with Crippen LogP contribution in [0.25, 0.3) is 5.57 Å². The molecule has 6 nitrogen and oxygen atoms in total. The lowest BCUT2D eigenvalue weighted by molar-refractivity contribution is -0.0786. The van der Waals surface area contributed by atoms with Gasteiger partial charge in [0, 0.05) is 12.2 Å². The van der Waals surface area contributed by atoms with E-state index in [1.165, 1.54) is 0 Å². The summed E-state index contributed by atoms with van der Waals surface area (Å²) in [5.41, 5.74) is 2.50. The fourth-order valence-electron chi connectivity index (χ4n) is 5.44. The SMILES string of the molecule is CCCCCc1cc2c(c(OS(=O)(=O)c3ccc(C)cc3)c1)C1=C(CC[C@](C)(O)[C@H]1OCC)C(C)(C)O2. The fraction of sp³-hybridized carbons (Fsp3) is 0.533. The van der Waals surface area contributed by atoms with Crippen LogP contribution in [0, 0.1) is 6.92 Å². The smallest absolute Gasteiger partial charge is 0.339 e. The van der Waals surface area contributed by atoms with Gasteiger partial charge < -0.3 is 18.8 Å². The largest absolute Gasteiger partial charge is 0.483 e. The molecule has 1 aliphatic carbocycles. The summed E-state index contributed by atoms with van der Waals surface area (Å²) in [6.45, 7) is 12.2. The highest BCUT2D eigenvalue weighted by molar-refractivity contribution is 7.87. The summed E-state index contributed by atoms with van der Waals surface area (Å²) in [7, 11) is -4.11. The molecule has 37 heavy (non-hydrogen) atoms. The minimum atomic E-state index is -4.11. The van der Waals surface area contributed by atoms with Gasteiger partial charge >= 0.3 is 10.1 Å². The summed E-state index contributed by atoms with van der Waals surface area (Å²) in [6.07, 6.45) is 4.41. The van der Waals surface area contributed by atoms with Gasteiger partial charge in [0.05, 0.1) is 11.2 Å². The molecule has 0 aromatic heterocycles. The number of benzene rings is 2. The number of hydrogen-bond acceptors (Lipinski definition) is 6. The number of aryl methyl sites for hydroxylation is 2. The number of aliphatic hydroxyl groups is 1. The molecule has 2 aromatic rings. The highest BCUT2D eigenvalue weighted by Crippen LogP contribution is 2.54. The molecular formula is C30H40O6S. The van der Waals surface area contributed by atoms with Gasteiger partial charge in [0.1, 0.15) is 22.4 Å². The molecule has 0 fully saturated rings. The maximum Gasteiger partial charge on any atom is 0.339 e. The zero-order chi connectivity index (χ0) is 27.0. The van der Waals surface area contributed by atoms with E-state index < -0.39 is 27.4 Å². The van der Waals surface area contributed by atoms with Crippen LogP contribution < -0.4 is 8.92 Å². The first kappa shape index (κ1) is 27.7. The topological polar surface area (TPSA) is 82.1 Å². The van der Waals surface area contributed by atoms with Crippen molar-refractivity contribution in [3.05, 3.63) is 58.7 Å². The zero-order valence-corrected chi connectivity index (χ0v) is 23.7. The Labute approximate surface area is 221 Å². The van der Waals surface area contributed by atoms with Gasteiger partial charge in [0.2, 0.25) is 0 Å². The molecule has 1 N–H and O–H groups in total. The van der Waals surface area contributed by atoms with Crippen molar-refractivity contribution in [2.24, 2.45) is 0 Å². The third-order valence-electron chi connectivity index (χ3n) is 7.43. The van der Waals surface area contributed by atoms with Crippen molar-refractivity contribution in [2.45, 2.75) is 102 Å².